The molecule has 2 atom stereocenters. The first-order chi connectivity index (χ1) is 9.06. The van der Waals surface area contributed by atoms with Gasteiger partial charge in [-0.2, -0.15) is 0 Å². The molecule has 1 saturated carbocycles. The first-order valence-electron chi connectivity index (χ1n) is 7.01. The van der Waals surface area contributed by atoms with Crippen LogP contribution >= 0.6 is 11.3 Å². The van der Waals surface area contributed by atoms with E-state index in [0.717, 1.165) is 28.4 Å². The Morgan fingerprint density at radius 2 is 2.16 bits per heavy atom. The molecule has 4 nitrogen and oxygen atoms in total. The topological polar surface area (TPSA) is 68.0 Å². The van der Waals surface area contributed by atoms with Crippen LogP contribution in [0.1, 0.15) is 47.7 Å². The third-order valence-corrected chi connectivity index (χ3v) is 4.93. The summed E-state index contributed by atoms with van der Waals surface area (Å²) in [7, 11) is 0. The lowest BCUT2D eigenvalue weighted by Gasteiger charge is -2.27. The minimum atomic E-state index is 0.118. The number of amides is 1. The van der Waals surface area contributed by atoms with Crippen molar-refractivity contribution in [2.24, 2.45) is 11.7 Å². The maximum atomic E-state index is 12.0. The van der Waals surface area contributed by atoms with Crippen LogP contribution in [0.25, 0.3) is 0 Å². The van der Waals surface area contributed by atoms with E-state index >= 15 is 0 Å². The number of aryl methyl sites for hydroxylation is 2. The largest absolute Gasteiger partial charge is 0.351 e. The number of thiazole rings is 1. The van der Waals surface area contributed by atoms with Gasteiger partial charge in [0.15, 0.2) is 0 Å². The Morgan fingerprint density at radius 3 is 2.79 bits per heavy atom. The molecule has 0 saturated heterocycles. The van der Waals surface area contributed by atoms with Gasteiger partial charge < -0.3 is 11.1 Å². The predicted octanol–water partition coefficient (Wildman–Crippen LogP) is 2.28. The number of carbonyl (C=O) groups excluding carboxylic acids is 1. The molecule has 0 aliphatic heterocycles. The van der Waals surface area contributed by atoms with E-state index in [1.54, 1.807) is 11.3 Å². The molecular weight excluding hydrogens is 258 g/mol. The number of hydrogen-bond acceptors (Lipinski definition) is 4. The van der Waals surface area contributed by atoms with Crippen molar-refractivity contribution < 1.29 is 4.79 Å². The second kappa shape index (κ2) is 6.48. The van der Waals surface area contributed by atoms with Crippen LogP contribution in [0.2, 0.25) is 0 Å². The van der Waals surface area contributed by atoms with Crippen molar-refractivity contribution in [3.8, 4) is 0 Å². The predicted molar refractivity (Wildman–Crippen MR) is 78.0 cm³/mol. The molecule has 1 aromatic heterocycles. The summed E-state index contributed by atoms with van der Waals surface area (Å²) in [6.07, 6.45) is 5.13. The third-order valence-electron chi connectivity index (χ3n) is 3.86. The van der Waals surface area contributed by atoms with Gasteiger partial charge in [-0.1, -0.05) is 12.8 Å². The van der Waals surface area contributed by atoms with Crippen LogP contribution in [0.5, 0.6) is 0 Å². The summed E-state index contributed by atoms with van der Waals surface area (Å²) in [4.78, 5) is 17.5. The van der Waals surface area contributed by atoms with Gasteiger partial charge in [0.2, 0.25) is 5.91 Å². The van der Waals surface area contributed by atoms with E-state index in [1.165, 1.54) is 12.8 Å². The molecule has 2 rings (SSSR count). The normalized spacial score (nSPS) is 23.3. The summed E-state index contributed by atoms with van der Waals surface area (Å²) in [5.41, 5.74) is 7.10. The molecule has 0 spiro atoms. The van der Waals surface area contributed by atoms with Crippen molar-refractivity contribution >= 4 is 17.2 Å². The summed E-state index contributed by atoms with van der Waals surface area (Å²) in [5, 5.41) is 4.05. The average Bonchev–Trinajstić information content (AvgIpc) is 2.68. The summed E-state index contributed by atoms with van der Waals surface area (Å²) in [6, 6.07) is 0.201. The summed E-state index contributed by atoms with van der Waals surface area (Å²) < 4.78 is 0. The monoisotopic (exact) mass is 281 g/mol. The minimum Gasteiger partial charge on any atom is -0.351 e. The molecule has 0 radical (unpaired) electrons. The SMILES string of the molecule is Cc1nc(C)c(CNC(=O)CC2CCCCC2N)s1. The molecule has 5 heteroatoms. The van der Waals surface area contributed by atoms with Gasteiger partial charge in [0.25, 0.3) is 0 Å². The Hall–Kier alpha value is -0.940. The lowest BCUT2D eigenvalue weighted by molar-refractivity contribution is -0.122. The molecule has 0 aromatic carbocycles. The van der Waals surface area contributed by atoms with E-state index in [0.29, 0.717) is 18.9 Å². The van der Waals surface area contributed by atoms with Gasteiger partial charge in [-0.05, 0) is 32.6 Å². The number of nitrogens with two attached hydrogens (primary N) is 1. The van der Waals surface area contributed by atoms with Crippen molar-refractivity contribution in [2.75, 3.05) is 0 Å². The molecule has 19 heavy (non-hydrogen) atoms. The average molecular weight is 281 g/mol. The quantitative estimate of drug-likeness (QED) is 0.889. The number of carbonyl (C=O) groups is 1. The van der Waals surface area contributed by atoms with Gasteiger partial charge in [-0.15, -0.1) is 11.3 Å². The number of nitrogens with one attached hydrogen (secondary N) is 1. The maximum absolute atomic E-state index is 12.0. The molecule has 106 valence electrons. The van der Waals surface area contributed by atoms with E-state index in [4.69, 9.17) is 5.73 Å². The number of nitrogens with zero attached hydrogens (tertiary/aromatic N) is 1. The van der Waals surface area contributed by atoms with Gasteiger partial charge in [0.05, 0.1) is 17.2 Å². The first-order valence-corrected chi connectivity index (χ1v) is 7.83. The van der Waals surface area contributed by atoms with Crippen LogP contribution in [-0.4, -0.2) is 16.9 Å². The van der Waals surface area contributed by atoms with Crippen molar-refractivity contribution in [3.05, 3.63) is 15.6 Å². The van der Waals surface area contributed by atoms with Gasteiger partial charge in [-0.3, -0.25) is 4.79 Å². The molecule has 1 aliphatic rings. The summed E-state index contributed by atoms with van der Waals surface area (Å²) in [5.74, 6) is 0.478. The van der Waals surface area contributed by atoms with Gasteiger partial charge >= 0.3 is 0 Å². The fourth-order valence-corrected chi connectivity index (χ4v) is 3.59. The number of rotatable bonds is 4. The van der Waals surface area contributed by atoms with Crippen molar-refractivity contribution in [2.45, 2.75) is 58.5 Å². The zero-order valence-corrected chi connectivity index (χ0v) is 12.6. The minimum absolute atomic E-state index is 0.118. The standard InChI is InChI=1S/C14H23N3OS/c1-9-13(19-10(2)17-9)8-16-14(18)7-11-5-3-4-6-12(11)15/h11-12H,3-8,15H2,1-2H3,(H,16,18). The van der Waals surface area contributed by atoms with E-state index in [9.17, 15) is 4.79 Å². The van der Waals surface area contributed by atoms with Gasteiger partial charge in [0.1, 0.15) is 0 Å². The lowest BCUT2D eigenvalue weighted by Crippen LogP contribution is -2.36. The second-order valence-electron chi connectivity index (χ2n) is 5.43. The van der Waals surface area contributed by atoms with E-state index < -0.39 is 0 Å². The Bertz CT molecular complexity index is 444. The van der Waals surface area contributed by atoms with Crippen LogP contribution in [0, 0.1) is 19.8 Å². The molecule has 1 heterocycles. The molecule has 1 fully saturated rings. The molecule has 0 bridgehead atoms. The van der Waals surface area contributed by atoms with Crippen LogP contribution in [-0.2, 0) is 11.3 Å². The van der Waals surface area contributed by atoms with Crippen LogP contribution in [0.15, 0.2) is 0 Å². The molecular formula is C14H23N3OS. The smallest absolute Gasteiger partial charge is 0.220 e. The Morgan fingerprint density at radius 1 is 1.42 bits per heavy atom. The van der Waals surface area contributed by atoms with Crippen molar-refractivity contribution in [3.63, 3.8) is 0 Å². The van der Waals surface area contributed by atoms with E-state index in [2.05, 4.69) is 10.3 Å². The molecule has 3 N–H and O–H groups in total. The maximum Gasteiger partial charge on any atom is 0.220 e. The highest BCUT2D eigenvalue weighted by Gasteiger charge is 2.24. The Labute approximate surface area is 118 Å². The Kier molecular flexibility index (Phi) is 4.93. The number of hydrogen-bond donors (Lipinski definition) is 2. The lowest BCUT2D eigenvalue weighted by atomic mass is 9.83. The van der Waals surface area contributed by atoms with Crippen LogP contribution in [0.4, 0.5) is 0 Å². The molecule has 2 unspecified atom stereocenters. The number of aromatic nitrogens is 1. The van der Waals surface area contributed by atoms with Crippen molar-refractivity contribution in [1.29, 1.82) is 0 Å². The first kappa shape index (κ1) is 14.5. The van der Waals surface area contributed by atoms with Gasteiger partial charge in [-0.25, -0.2) is 4.98 Å². The summed E-state index contributed by atoms with van der Waals surface area (Å²) >= 11 is 1.65. The molecule has 1 amide bonds. The van der Waals surface area contributed by atoms with E-state index in [1.807, 2.05) is 13.8 Å². The van der Waals surface area contributed by atoms with Crippen LogP contribution < -0.4 is 11.1 Å². The second-order valence-corrected chi connectivity index (χ2v) is 6.72. The zero-order valence-electron chi connectivity index (χ0n) is 11.7. The van der Waals surface area contributed by atoms with Crippen LogP contribution in [0.3, 0.4) is 0 Å². The fraction of sp³-hybridized carbons (Fsp3) is 0.714. The zero-order chi connectivity index (χ0) is 13.8. The van der Waals surface area contributed by atoms with Crippen molar-refractivity contribution in [1.82, 2.24) is 10.3 Å². The van der Waals surface area contributed by atoms with Gasteiger partial charge in [0, 0.05) is 17.3 Å². The third kappa shape index (κ3) is 4.01. The highest BCUT2D eigenvalue weighted by molar-refractivity contribution is 7.11. The molecule has 1 aromatic rings. The summed E-state index contributed by atoms with van der Waals surface area (Å²) in [6.45, 7) is 4.57. The van der Waals surface area contributed by atoms with E-state index in [-0.39, 0.29) is 11.9 Å². The molecule has 1 aliphatic carbocycles. The highest BCUT2D eigenvalue weighted by Crippen LogP contribution is 2.25. The fourth-order valence-electron chi connectivity index (χ4n) is 2.72. The highest BCUT2D eigenvalue weighted by atomic mass is 32.1. The Balaban J connectivity index is 1.79.